The third kappa shape index (κ3) is 4.05. The first kappa shape index (κ1) is 12.3. The smallest absolute Gasteiger partial charge is 0.120 e. The molecule has 0 unspecified atom stereocenters. The number of hydrogen-bond acceptors (Lipinski definition) is 1. The first-order valence-electron chi connectivity index (χ1n) is 5.47. The summed E-state index contributed by atoms with van der Waals surface area (Å²) in [7, 11) is 0. The molecule has 1 rings (SSSR count). The molecule has 2 heteroatoms. The van der Waals surface area contributed by atoms with E-state index in [1.54, 1.807) is 0 Å². The quantitative estimate of drug-likeness (QED) is 0.662. The van der Waals surface area contributed by atoms with Gasteiger partial charge in [-0.2, -0.15) is 0 Å². The molecule has 1 aromatic rings. The third-order valence-electron chi connectivity index (χ3n) is 2.63. The zero-order valence-corrected chi connectivity index (χ0v) is 9.83. The molecule has 1 nitrogen and oxygen atoms in total. The van der Waals surface area contributed by atoms with Crippen LogP contribution in [-0.2, 0) is 4.79 Å². The second-order valence-electron chi connectivity index (χ2n) is 3.79. The molecule has 1 aromatic carbocycles. The molecular formula is C13H17ClO. The first-order valence-corrected chi connectivity index (χ1v) is 5.84. The summed E-state index contributed by atoms with van der Waals surface area (Å²) in [6, 6.07) is 7.82. The Balaban J connectivity index is 2.69. The third-order valence-corrected chi connectivity index (χ3v) is 2.88. The van der Waals surface area contributed by atoms with Crippen LogP contribution < -0.4 is 0 Å². The Labute approximate surface area is 96.5 Å². The molecule has 0 bridgehead atoms. The predicted molar refractivity (Wildman–Crippen MR) is 64.4 cm³/mol. The van der Waals surface area contributed by atoms with Crippen LogP contribution in [0.2, 0.25) is 5.02 Å². The van der Waals surface area contributed by atoms with Gasteiger partial charge in [-0.1, -0.05) is 43.5 Å². The van der Waals surface area contributed by atoms with Crippen molar-refractivity contribution in [2.75, 3.05) is 0 Å². The van der Waals surface area contributed by atoms with Gasteiger partial charge in [0.1, 0.15) is 6.29 Å². The number of rotatable bonds is 6. The van der Waals surface area contributed by atoms with Crippen molar-refractivity contribution >= 4 is 17.9 Å². The second kappa shape index (κ2) is 6.62. The van der Waals surface area contributed by atoms with E-state index >= 15 is 0 Å². The van der Waals surface area contributed by atoms with E-state index in [9.17, 15) is 4.79 Å². The van der Waals surface area contributed by atoms with Crippen molar-refractivity contribution in [3.05, 3.63) is 34.9 Å². The van der Waals surface area contributed by atoms with Crippen LogP contribution in [0.15, 0.2) is 24.3 Å². The lowest BCUT2D eigenvalue weighted by molar-refractivity contribution is -0.108. The molecule has 0 spiro atoms. The monoisotopic (exact) mass is 224 g/mol. The van der Waals surface area contributed by atoms with Crippen molar-refractivity contribution in [1.82, 2.24) is 0 Å². The van der Waals surface area contributed by atoms with Gasteiger partial charge in [-0.05, 0) is 30.0 Å². The van der Waals surface area contributed by atoms with Gasteiger partial charge < -0.3 is 4.79 Å². The molecule has 0 aliphatic rings. The molecule has 15 heavy (non-hydrogen) atoms. The van der Waals surface area contributed by atoms with Crippen molar-refractivity contribution < 1.29 is 4.79 Å². The molecule has 0 saturated carbocycles. The second-order valence-corrected chi connectivity index (χ2v) is 4.23. The summed E-state index contributed by atoms with van der Waals surface area (Å²) in [5.41, 5.74) is 1.22. The molecule has 0 aliphatic carbocycles. The molecule has 82 valence electrons. The average Bonchev–Trinajstić information content (AvgIpc) is 2.25. The molecule has 0 fully saturated rings. The minimum atomic E-state index is 0.361. The maximum Gasteiger partial charge on any atom is 0.120 e. The molecule has 0 radical (unpaired) electrons. The molecule has 0 amide bonds. The van der Waals surface area contributed by atoms with E-state index in [0.717, 1.165) is 17.7 Å². The summed E-state index contributed by atoms with van der Waals surface area (Å²) < 4.78 is 0. The highest BCUT2D eigenvalue weighted by molar-refractivity contribution is 6.30. The number of benzene rings is 1. The van der Waals surface area contributed by atoms with E-state index in [1.165, 1.54) is 18.4 Å². The van der Waals surface area contributed by atoms with E-state index in [2.05, 4.69) is 6.92 Å². The van der Waals surface area contributed by atoms with Crippen LogP contribution in [0.4, 0.5) is 0 Å². The van der Waals surface area contributed by atoms with Gasteiger partial charge in [0, 0.05) is 11.4 Å². The fraction of sp³-hybridized carbons (Fsp3) is 0.462. The minimum Gasteiger partial charge on any atom is -0.303 e. The van der Waals surface area contributed by atoms with Crippen molar-refractivity contribution in [3.8, 4) is 0 Å². The zero-order chi connectivity index (χ0) is 11.1. The van der Waals surface area contributed by atoms with Gasteiger partial charge in [0.2, 0.25) is 0 Å². The van der Waals surface area contributed by atoms with Crippen molar-refractivity contribution in [1.29, 1.82) is 0 Å². The summed E-state index contributed by atoms with van der Waals surface area (Å²) in [5.74, 6) is 0.361. The van der Waals surface area contributed by atoms with E-state index < -0.39 is 0 Å². The molecule has 0 saturated heterocycles. The number of hydrogen-bond donors (Lipinski definition) is 0. The van der Waals surface area contributed by atoms with Crippen LogP contribution in [0, 0.1) is 0 Å². The van der Waals surface area contributed by atoms with Gasteiger partial charge in [-0.25, -0.2) is 0 Å². The number of aldehydes is 1. The number of unbranched alkanes of at least 4 members (excludes halogenated alkanes) is 1. The number of carbonyl (C=O) groups excluding carboxylic acids is 1. The number of carbonyl (C=O) groups is 1. The fourth-order valence-electron chi connectivity index (χ4n) is 1.72. The average molecular weight is 225 g/mol. The van der Waals surface area contributed by atoms with Crippen LogP contribution in [0.3, 0.4) is 0 Å². The Bertz CT molecular complexity index is 292. The maximum absolute atomic E-state index is 10.6. The van der Waals surface area contributed by atoms with Gasteiger partial charge in [0.05, 0.1) is 0 Å². The molecule has 0 aromatic heterocycles. The van der Waals surface area contributed by atoms with Gasteiger partial charge in [-0.15, -0.1) is 0 Å². The highest BCUT2D eigenvalue weighted by atomic mass is 35.5. The Morgan fingerprint density at radius 3 is 2.53 bits per heavy atom. The first-order chi connectivity index (χ1) is 7.27. The summed E-state index contributed by atoms with van der Waals surface area (Å²) in [4.78, 5) is 10.6. The Kier molecular flexibility index (Phi) is 5.41. The zero-order valence-electron chi connectivity index (χ0n) is 9.08. The van der Waals surface area contributed by atoms with Gasteiger partial charge >= 0.3 is 0 Å². The summed E-state index contributed by atoms with van der Waals surface area (Å²) >= 11 is 5.83. The van der Waals surface area contributed by atoms with Gasteiger partial charge in [-0.3, -0.25) is 0 Å². The SMILES string of the molecule is CCCC[C@H](CC=O)c1ccc(Cl)cc1. The maximum atomic E-state index is 10.6. The lowest BCUT2D eigenvalue weighted by Gasteiger charge is -2.14. The largest absolute Gasteiger partial charge is 0.303 e. The Hall–Kier alpha value is -0.820. The van der Waals surface area contributed by atoms with Crippen molar-refractivity contribution in [3.63, 3.8) is 0 Å². The van der Waals surface area contributed by atoms with Crippen LogP contribution >= 0.6 is 11.6 Å². The van der Waals surface area contributed by atoms with Gasteiger partial charge in [0.25, 0.3) is 0 Å². The number of halogens is 1. The standard InChI is InChI=1S/C13H17ClO/c1-2-3-4-11(9-10-15)12-5-7-13(14)8-6-12/h5-8,10-11H,2-4,9H2,1H3/t11-/m1/s1. The van der Waals surface area contributed by atoms with Crippen LogP contribution in [0.25, 0.3) is 0 Å². The fourth-order valence-corrected chi connectivity index (χ4v) is 1.85. The van der Waals surface area contributed by atoms with Gasteiger partial charge in [0.15, 0.2) is 0 Å². The van der Waals surface area contributed by atoms with E-state index in [0.29, 0.717) is 12.3 Å². The van der Waals surface area contributed by atoms with E-state index in [-0.39, 0.29) is 0 Å². The lowest BCUT2D eigenvalue weighted by atomic mass is 9.91. The summed E-state index contributed by atoms with van der Waals surface area (Å²) in [6.45, 7) is 2.17. The molecule has 0 heterocycles. The predicted octanol–water partition coefficient (Wildman–Crippen LogP) is 4.20. The molecule has 0 N–H and O–H groups in total. The normalized spacial score (nSPS) is 12.4. The van der Waals surface area contributed by atoms with E-state index in [1.807, 2.05) is 24.3 Å². The van der Waals surface area contributed by atoms with Crippen LogP contribution in [0.5, 0.6) is 0 Å². The summed E-state index contributed by atoms with van der Waals surface area (Å²) in [6.07, 6.45) is 5.04. The van der Waals surface area contributed by atoms with Crippen molar-refractivity contribution in [2.24, 2.45) is 0 Å². The highest BCUT2D eigenvalue weighted by Crippen LogP contribution is 2.25. The Morgan fingerprint density at radius 2 is 2.00 bits per heavy atom. The van der Waals surface area contributed by atoms with Crippen molar-refractivity contribution in [2.45, 2.75) is 38.5 Å². The topological polar surface area (TPSA) is 17.1 Å². The molecule has 0 aliphatic heterocycles. The Morgan fingerprint density at radius 1 is 1.33 bits per heavy atom. The van der Waals surface area contributed by atoms with E-state index in [4.69, 9.17) is 11.6 Å². The lowest BCUT2D eigenvalue weighted by Crippen LogP contribution is -1.99. The minimum absolute atomic E-state index is 0.361. The highest BCUT2D eigenvalue weighted by Gasteiger charge is 2.10. The van der Waals surface area contributed by atoms with Crippen LogP contribution in [-0.4, -0.2) is 6.29 Å². The molecular weight excluding hydrogens is 208 g/mol. The van der Waals surface area contributed by atoms with Crippen LogP contribution in [0.1, 0.15) is 44.1 Å². The molecule has 1 atom stereocenters. The summed E-state index contributed by atoms with van der Waals surface area (Å²) in [5, 5.41) is 0.749.